The molecule has 1 N–H and O–H groups in total. The summed E-state index contributed by atoms with van der Waals surface area (Å²) in [5, 5.41) is 15.2. The molecular weight excluding hydrogens is 364 g/mol. The number of aryl methyl sites for hydroxylation is 1. The molecule has 0 aliphatic carbocycles. The van der Waals surface area contributed by atoms with Gasteiger partial charge in [0.2, 0.25) is 10.8 Å². The highest BCUT2D eigenvalue weighted by molar-refractivity contribution is 7.17. The molecule has 0 bridgehead atoms. The molecule has 3 aromatic rings. The standard InChI is InChI=1S/C19H24N4O3S/c1-11-9-22(10-12(2)26-11)16(14-6-5-7-15(8-14)25-4)17-18(24)23-19(27-17)20-13(3)21-23/h5-8,11-12,16,24H,9-10H2,1-4H3/t11-,12-,16-/m1/s1. The predicted octanol–water partition coefficient (Wildman–Crippen LogP) is 3.01. The normalized spacial score (nSPS) is 22.2. The number of nitrogens with zero attached hydrogens (tertiary/aromatic N) is 4. The van der Waals surface area contributed by atoms with Crippen LogP contribution in [0.1, 0.15) is 36.2 Å². The summed E-state index contributed by atoms with van der Waals surface area (Å²) in [7, 11) is 1.66. The van der Waals surface area contributed by atoms with Gasteiger partial charge in [-0.05, 0) is 38.5 Å². The maximum absolute atomic E-state index is 10.9. The molecule has 144 valence electrons. The smallest absolute Gasteiger partial charge is 0.230 e. The molecule has 27 heavy (non-hydrogen) atoms. The Morgan fingerprint density at radius 1 is 1.30 bits per heavy atom. The molecule has 3 atom stereocenters. The number of morpholine rings is 1. The molecule has 0 unspecified atom stereocenters. The third-order valence-electron chi connectivity index (χ3n) is 4.78. The first-order chi connectivity index (χ1) is 13.0. The van der Waals surface area contributed by atoms with E-state index in [1.54, 1.807) is 7.11 Å². The topological polar surface area (TPSA) is 72.1 Å². The van der Waals surface area contributed by atoms with Crippen molar-refractivity contribution in [3.8, 4) is 11.6 Å². The summed E-state index contributed by atoms with van der Waals surface area (Å²) in [6.07, 6.45) is 0.238. The van der Waals surface area contributed by atoms with E-state index in [4.69, 9.17) is 9.47 Å². The Balaban J connectivity index is 1.83. The van der Waals surface area contributed by atoms with Gasteiger partial charge >= 0.3 is 0 Å². The lowest BCUT2D eigenvalue weighted by molar-refractivity contribution is -0.0764. The molecule has 4 rings (SSSR count). The van der Waals surface area contributed by atoms with E-state index < -0.39 is 0 Å². The van der Waals surface area contributed by atoms with Crippen molar-refractivity contribution in [3.05, 3.63) is 40.5 Å². The van der Waals surface area contributed by atoms with E-state index in [1.165, 1.54) is 15.9 Å². The van der Waals surface area contributed by atoms with Gasteiger partial charge in [0.25, 0.3) is 0 Å². The number of fused-ring (bicyclic) bond motifs is 1. The Kier molecular flexibility index (Phi) is 4.79. The third-order valence-corrected chi connectivity index (χ3v) is 5.85. The fourth-order valence-corrected chi connectivity index (χ4v) is 4.96. The summed E-state index contributed by atoms with van der Waals surface area (Å²) in [6.45, 7) is 7.54. The molecule has 1 aromatic carbocycles. The fraction of sp³-hybridized carbons (Fsp3) is 0.474. The van der Waals surface area contributed by atoms with Gasteiger partial charge in [-0.2, -0.15) is 4.52 Å². The number of benzene rings is 1. The van der Waals surface area contributed by atoms with E-state index >= 15 is 0 Å². The average Bonchev–Trinajstić information content (AvgIpc) is 3.12. The van der Waals surface area contributed by atoms with Gasteiger partial charge in [0.05, 0.1) is 30.2 Å². The zero-order chi connectivity index (χ0) is 19.1. The third kappa shape index (κ3) is 3.40. The first-order valence-electron chi connectivity index (χ1n) is 9.04. The summed E-state index contributed by atoms with van der Waals surface area (Å²) in [4.78, 5) is 8.30. The van der Waals surface area contributed by atoms with E-state index in [-0.39, 0.29) is 24.1 Å². The second kappa shape index (κ2) is 7.10. The molecule has 1 aliphatic rings. The number of hydrogen-bond donors (Lipinski definition) is 1. The zero-order valence-electron chi connectivity index (χ0n) is 15.9. The minimum absolute atomic E-state index is 0.119. The molecule has 1 fully saturated rings. The van der Waals surface area contributed by atoms with Gasteiger partial charge in [-0.15, -0.1) is 5.10 Å². The van der Waals surface area contributed by atoms with Gasteiger partial charge in [-0.25, -0.2) is 4.98 Å². The fourth-order valence-electron chi connectivity index (χ4n) is 3.79. The van der Waals surface area contributed by atoms with E-state index in [0.717, 1.165) is 29.3 Å². The van der Waals surface area contributed by atoms with Crippen molar-refractivity contribution in [1.29, 1.82) is 0 Å². The summed E-state index contributed by atoms with van der Waals surface area (Å²) < 4.78 is 12.9. The van der Waals surface area contributed by atoms with Crippen LogP contribution in [0, 0.1) is 6.92 Å². The molecule has 0 spiro atoms. The average molecular weight is 388 g/mol. The first kappa shape index (κ1) is 18.2. The lowest BCUT2D eigenvalue weighted by atomic mass is 10.0. The van der Waals surface area contributed by atoms with Crippen molar-refractivity contribution in [1.82, 2.24) is 19.5 Å². The van der Waals surface area contributed by atoms with E-state index in [2.05, 4.69) is 34.9 Å². The molecule has 0 saturated carbocycles. The molecule has 2 aromatic heterocycles. The molecule has 0 amide bonds. The second-order valence-corrected chi connectivity index (χ2v) is 8.04. The second-order valence-electron chi connectivity index (χ2n) is 7.03. The van der Waals surface area contributed by atoms with Crippen LogP contribution < -0.4 is 4.74 Å². The molecule has 1 saturated heterocycles. The quantitative estimate of drug-likeness (QED) is 0.741. The Morgan fingerprint density at radius 2 is 2.04 bits per heavy atom. The molecule has 7 nitrogen and oxygen atoms in total. The van der Waals surface area contributed by atoms with Crippen LogP contribution in [-0.2, 0) is 4.74 Å². The van der Waals surface area contributed by atoms with Gasteiger partial charge in [0, 0.05) is 13.1 Å². The Labute approximate surface area is 162 Å². The van der Waals surface area contributed by atoms with Crippen molar-refractivity contribution >= 4 is 16.3 Å². The Bertz CT molecular complexity index is 944. The van der Waals surface area contributed by atoms with Crippen molar-refractivity contribution in [2.45, 2.75) is 39.0 Å². The largest absolute Gasteiger partial charge is 0.497 e. The number of aromatic hydroxyl groups is 1. The van der Waals surface area contributed by atoms with Crippen LogP contribution in [0.4, 0.5) is 0 Å². The summed E-state index contributed by atoms with van der Waals surface area (Å²) in [5.41, 5.74) is 1.06. The van der Waals surface area contributed by atoms with Crippen LogP contribution >= 0.6 is 11.3 Å². The maximum Gasteiger partial charge on any atom is 0.230 e. The Morgan fingerprint density at radius 3 is 2.70 bits per heavy atom. The van der Waals surface area contributed by atoms with Gasteiger partial charge < -0.3 is 14.6 Å². The van der Waals surface area contributed by atoms with E-state index in [9.17, 15) is 5.11 Å². The summed E-state index contributed by atoms with van der Waals surface area (Å²) >= 11 is 1.47. The van der Waals surface area contributed by atoms with Crippen molar-refractivity contribution < 1.29 is 14.6 Å². The zero-order valence-corrected chi connectivity index (χ0v) is 16.7. The van der Waals surface area contributed by atoms with E-state index in [0.29, 0.717) is 10.8 Å². The highest BCUT2D eigenvalue weighted by Crippen LogP contribution is 2.41. The van der Waals surface area contributed by atoms with Crippen LogP contribution in [0.15, 0.2) is 24.3 Å². The monoisotopic (exact) mass is 388 g/mol. The number of rotatable bonds is 4. The van der Waals surface area contributed by atoms with Crippen molar-refractivity contribution in [3.63, 3.8) is 0 Å². The lowest BCUT2D eigenvalue weighted by Crippen LogP contribution is -2.47. The van der Waals surface area contributed by atoms with Crippen LogP contribution in [0.5, 0.6) is 11.6 Å². The molecule has 1 aliphatic heterocycles. The summed E-state index contributed by atoms with van der Waals surface area (Å²) in [6, 6.07) is 7.88. The Hall–Kier alpha value is -2.16. The van der Waals surface area contributed by atoms with Gasteiger partial charge in [0.1, 0.15) is 11.6 Å². The maximum atomic E-state index is 10.9. The SMILES string of the molecule is COc1cccc([C@H](c2sc3nc(C)nn3c2O)N2C[C@@H](C)O[C@H](C)C2)c1. The van der Waals surface area contributed by atoms with Crippen LogP contribution in [-0.4, -0.2) is 57.0 Å². The highest BCUT2D eigenvalue weighted by atomic mass is 32.1. The lowest BCUT2D eigenvalue weighted by Gasteiger charge is -2.40. The van der Waals surface area contributed by atoms with Gasteiger partial charge in [-0.1, -0.05) is 23.5 Å². The van der Waals surface area contributed by atoms with Gasteiger partial charge in [-0.3, -0.25) is 4.90 Å². The minimum Gasteiger partial charge on any atom is -0.497 e. The molecule has 3 heterocycles. The first-order valence-corrected chi connectivity index (χ1v) is 9.86. The molecule has 8 heteroatoms. The van der Waals surface area contributed by atoms with Crippen molar-refractivity contribution in [2.24, 2.45) is 0 Å². The van der Waals surface area contributed by atoms with Gasteiger partial charge in [0.15, 0.2) is 0 Å². The number of aromatic nitrogens is 3. The number of thiazole rings is 1. The van der Waals surface area contributed by atoms with Crippen LogP contribution in [0.2, 0.25) is 0 Å². The van der Waals surface area contributed by atoms with E-state index in [1.807, 2.05) is 25.1 Å². The number of methoxy groups -OCH3 is 1. The minimum atomic E-state index is -0.122. The molecule has 0 radical (unpaired) electrons. The summed E-state index contributed by atoms with van der Waals surface area (Å²) in [5.74, 6) is 1.59. The molecular formula is C19H24N4O3S. The number of hydrogen-bond acceptors (Lipinski definition) is 7. The van der Waals surface area contributed by atoms with Crippen molar-refractivity contribution in [2.75, 3.05) is 20.2 Å². The van der Waals surface area contributed by atoms with Crippen LogP contribution in [0.3, 0.4) is 0 Å². The highest BCUT2D eigenvalue weighted by Gasteiger charge is 2.34. The predicted molar refractivity (Wildman–Crippen MR) is 104 cm³/mol. The van der Waals surface area contributed by atoms with Crippen LogP contribution in [0.25, 0.3) is 4.96 Å². The number of ether oxygens (including phenoxy) is 2.